The van der Waals surface area contributed by atoms with Gasteiger partial charge in [-0.3, -0.25) is 10.1 Å². The number of aryl methyl sites for hydroxylation is 2. The quantitative estimate of drug-likeness (QED) is 0.576. The van der Waals surface area contributed by atoms with E-state index in [2.05, 4.69) is 10.3 Å². The number of hydrogen-bond acceptors (Lipinski definition) is 5. The number of amides is 1. The lowest BCUT2D eigenvalue weighted by molar-refractivity contribution is -0.122. The van der Waals surface area contributed by atoms with Crippen LogP contribution in [-0.4, -0.2) is 24.1 Å². The average molecular weight is 417 g/mol. The van der Waals surface area contributed by atoms with Crippen molar-refractivity contribution in [1.82, 2.24) is 4.98 Å². The van der Waals surface area contributed by atoms with Crippen LogP contribution in [0.15, 0.2) is 42.5 Å². The molecule has 1 atom stereocenters. The smallest absolute Gasteiger partial charge is 0.266 e. The molecule has 0 aliphatic heterocycles. The molecule has 1 heterocycles. The first kappa shape index (κ1) is 20.2. The van der Waals surface area contributed by atoms with Crippen LogP contribution in [-0.2, 0) is 4.79 Å². The van der Waals surface area contributed by atoms with Gasteiger partial charge in [-0.05, 0) is 68.8 Å². The van der Waals surface area contributed by atoms with Gasteiger partial charge in [-0.15, -0.1) is 11.3 Å². The molecule has 1 amide bonds. The Bertz CT molecular complexity index is 986. The zero-order valence-electron chi connectivity index (χ0n) is 16.1. The summed E-state index contributed by atoms with van der Waals surface area (Å²) in [6, 6.07) is 12.8. The lowest BCUT2D eigenvalue weighted by Gasteiger charge is -2.13. The first-order valence-corrected chi connectivity index (χ1v) is 9.92. The van der Waals surface area contributed by atoms with Gasteiger partial charge < -0.3 is 9.47 Å². The number of rotatable bonds is 6. The minimum Gasteiger partial charge on any atom is -0.496 e. The van der Waals surface area contributed by atoms with Gasteiger partial charge in [0.2, 0.25) is 0 Å². The van der Waals surface area contributed by atoms with E-state index in [9.17, 15) is 4.79 Å². The number of halogens is 1. The van der Waals surface area contributed by atoms with Gasteiger partial charge in [0.1, 0.15) is 11.5 Å². The van der Waals surface area contributed by atoms with E-state index in [0.29, 0.717) is 15.9 Å². The number of thiazole rings is 1. The van der Waals surface area contributed by atoms with Crippen LogP contribution in [0, 0.1) is 13.8 Å². The number of ether oxygens (including phenoxy) is 2. The van der Waals surface area contributed by atoms with E-state index in [1.807, 2.05) is 32.0 Å². The molecule has 146 valence electrons. The first-order valence-electron chi connectivity index (χ1n) is 8.73. The molecule has 28 heavy (non-hydrogen) atoms. The van der Waals surface area contributed by atoms with E-state index in [-0.39, 0.29) is 5.91 Å². The number of methoxy groups -OCH3 is 1. The predicted octanol–water partition coefficient (Wildman–Crippen LogP) is 5.49. The molecule has 1 unspecified atom stereocenters. The number of nitrogens with zero attached hydrogens (tertiary/aromatic N) is 1. The van der Waals surface area contributed by atoms with Crippen molar-refractivity contribution in [2.75, 3.05) is 12.4 Å². The summed E-state index contributed by atoms with van der Waals surface area (Å²) >= 11 is 7.30. The number of carbonyl (C=O) groups excluding carboxylic acids is 1. The van der Waals surface area contributed by atoms with E-state index in [0.717, 1.165) is 27.4 Å². The fraction of sp³-hybridized carbons (Fsp3) is 0.238. The van der Waals surface area contributed by atoms with Crippen LogP contribution in [0.4, 0.5) is 5.13 Å². The Morgan fingerprint density at radius 2 is 1.89 bits per heavy atom. The highest BCUT2D eigenvalue weighted by Gasteiger charge is 2.18. The minimum absolute atomic E-state index is 0.263. The summed E-state index contributed by atoms with van der Waals surface area (Å²) in [6.07, 6.45) is -0.669. The van der Waals surface area contributed by atoms with Crippen LogP contribution in [0.2, 0.25) is 5.02 Å². The third-order valence-electron chi connectivity index (χ3n) is 4.19. The third kappa shape index (κ3) is 4.64. The largest absolute Gasteiger partial charge is 0.496 e. The van der Waals surface area contributed by atoms with Crippen LogP contribution < -0.4 is 14.8 Å². The summed E-state index contributed by atoms with van der Waals surface area (Å²) in [5.74, 6) is 1.15. The zero-order valence-corrected chi connectivity index (χ0v) is 17.6. The van der Waals surface area contributed by atoms with Crippen molar-refractivity contribution < 1.29 is 14.3 Å². The van der Waals surface area contributed by atoms with Crippen LogP contribution in [0.5, 0.6) is 11.5 Å². The normalized spacial score (nSPS) is 11.8. The highest BCUT2D eigenvalue weighted by Crippen LogP contribution is 2.32. The molecule has 0 saturated carbocycles. The molecule has 2 aromatic carbocycles. The number of carbonyl (C=O) groups is 1. The molecule has 7 heteroatoms. The van der Waals surface area contributed by atoms with Crippen molar-refractivity contribution in [2.24, 2.45) is 0 Å². The van der Waals surface area contributed by atoms with E-state index < -0.39 is 6.10 Å². The standard InChI is InChI=1S/C21H21ClN2O3S/c1-12-11-15(5-10-18(12)26-4)19-14(3)28-21(23-19)24-20(25)13(2)27-17-8-6-16(22)7-9-17/h5-11,13H,1-4H3,(H,23,24,25). The Hall–Kier alpha value is -2.57. The van der Waals surface area contributed by atoms with Gasteiger partial charge >= 0.3 is 0 Å². The summed E-state index contributed by atoms with van der Waals surface area (Å²) in [5.41, 5.74) is 2.86. The maximum Gasteiger partial charge on any atom is 0.266 e. The second-order valence-electron chi connectivity index (χ2n) is 6.31. The van der Waals surface area contributed by atoms with Crippen molar-refractivity contribution in [1.29, 1.82) is 0 Å². The van der Waals surface area contributed by atoms with Gasteiger partial charge in [-0.2, -0.15) is 0 Å². The van der Waals surface area contributed by atoms with Crippen molar-refractivity contribution in [3.63, 3.8) is 0 Å². The molecule has 0 saturated heterocycles. The van der Waals surface area contributed by atoms with Crippen LogP contribution in [0.1, 0.15) is 17.4 Å². The highest BCUT2D eigenvalue weighted by atomic mass is 35.5. The van der Waals surface area contributed by atoms with Gasteiger partial charge in [0.05, 0.1) is 12.8 Å². The topological polar surface area (TPSA) is 60.5 Å². The summed E-state index contributed by atoms with van der Waals surface area (Å²) in [5, 5.41) is 3.99. The van der Waals surface area contributed by atoms with Crippen molar-refractivity contribution >= 4 is 34.0 Å². The molecule has 0 spiro atoms. The van der Waals surface area contributed by atoms with Gasteiger partial charge in [0.25, 0.3) is 5.91 Å². The Labute approximate surface area is 173 Å². The second kappa shape index (κ2) is 8.63. The number of aromatic nitrogens is 1. The Morgan fingerprint density at radius 3 is 2.54 bits per heavy atom. The average Bonchev–Trinajstić information content (AvgIpc) is 3.03. The van der Waals surface area contributed by atoms with E-state index >= 15 is 0 Å². The van der Waals surface area contributed by atoms with E-state index in [1.165, 1.54) is 11.3 Å². The number of hydrogen-bond donors (Lipinski definition) is 1. The fourth-order valence-corrected chi connectivity index (χ4v) is 3.69. The highest BCUT2D eigenvalue weighted by molar-refractivity contribution is 7.16. The van der Waals surface area contributed by atoms with E-state index in [4.69, 9.17) is 21.1 Å². The monoisotopic (exact) mass is 416 g/mol. The SMILES string of the molecule is COc1ccc(-c2nc(NC(=O)C(C)Oc3ccc(Cl)cc3)sc2C)cc1C. The molecule has 0 aliphatic carbocycles. The third-order valence-corrected chi connectivity index (χ3v) is 5.33. The Kier molecular flexibility index (Phi) is 6.21. The molecule has 0 fully saturated rings. The lowest BCUT2D eigenvalue weighted by Crippen LogP contribution is -2.30. The molecule has 5 nitrogen and oxygen atoms in total. The van der Waals surface area contributed by atoms with Crippen LogP contribution >= 0.6 is 22.9 Å². The molecule has 1 aromatic heterocycles. The number of benzene rings is 2. The van der Waals surface area contributed by atoms with Gasteiger partial charge in [-0.1, -0.05) is 11.6 Å². The Morgan fingerprint density at radius 1 is 1.18 bits per heavy atom. The first-order chi connectivity index (χ1) is 13.4. The summed E-state index contributed by atoms with van der Waals surface area (Å²) < 4.78 is 11.0. The maximum absolute atomic E-state index is 12.5. The molecule has 0 radical (unpaired) electrons. The minimum atomic E-state index is -0.669. The van der Waals surface area contributed by atoms with Gasteiger partial charge in [-0.25, -0.2) is 4.98 Å². The summed E-state index contributed by atoms with van der Waals surface area (Å²) in [4.78, 5) is 18.1. The summed E-state index contributed by atoms with van der Waals surface area (Å²) in [7, 11) is 1.65. The van der Waals surface area contributed by atoms with Crippen LogP contribution in [0.25, 0.3) is 11.3 Å². The van der Waals surface area contributed by atoms with Crippen molar-refractivity contribution in [3.8, 4) is 22.8 Å². The molecule has 3 aromatic rings. The molecule has 1 N–H and O–H groups in total. The van der Waals surface area contributed by atoms with Crippen LogP contribution in [0.3, 0.4) is 0 Å². The van der Waals surface area contributed by atoms with Crippen molar-refractivity contribution in [2.45, 2.75) is 26.9 Å². The molecular weight excluding hydrogens is 396 g/mol. The van der Waals surface area contributed by atoms with Crippen molar-refractivity contribution in [3.05, 3.63) is 57.9 Å². The number of anilines is 1. The maximum atomic E-state index is 12.5. The second-order valence-corrected chi connectivity index (χ2v) is 7.95. The molecule has 3 rings (SSSR count). The van der Waals surface area contributed by atoms with E-state index in [1.54, 1.807) is 38.3 Å². The lowest BCUT2D eigenvalue weighted by atomic mass is 10.1. The Balaban J connectivity index is 1.71. The zero-order chi connectivity index (χ0) is 20.3. The summed E-state index contributed by atoms with van der Waals surface area (Å²) in [6.45, 7) is 5.66. The fourth-order valence-electron chi connectivity index (χ4n) is 2.72. The molecule has 0 bridgehead atoms. The number of nitrogens with one attached hydrogen (secondary N) is 1. The molecular formula is C21H21ClN2O3S. The predicted molar refractivity (Wildman–Crippen MR) is 114 cm³/mol. The van der Waals surface area contributed by atoms with Gasteiger partial charge in [0.15, 0.2) is 11.2 Å². The van der Waals surface area contributed by atoms with Gasteiger partial charge in [0, 0.05) is 15.5 Å². The molecule has 0 aliphatic rings.